The number of hydroxylamine groups is 1. The Morgan fingerprint density at radius 1 is 1.13 bits per heavy atom. The summed E-state index contributed by atoms with van der Waals surface area (Å²) < 4.78 is 38.2. The summed E-state index contributed by atoms with van der Waals surface area (Å²) in [7, 11) is -2.53. The number of methoxy groups -OCH3 is 1. The average molecular weight is 457 g/mol. The molecular formula is C20H25ClN2O6S. The van der Waals surface area contributed by atoms with Crippen molar-refractivity contribution in [2.45, 2.75) is 30.8 Å². The van der Waals surface area contributed by atoms with Crippen LogP contribution in [-0.2, 0) is 21.4 Å². The fourth-order valence-corrected chi connectivity index (χ4v) is 4.34. The number of rotatable bonds is 11. The van der Waals surface area contributed by atoms with Crippen molar-refractivity contribution in [2.75, 3.05) is 19.6 Å². The molecule has 0 aliphatic carbocycles. The Morgan fingerprint density at radius 3 is 2.27 bits per heavy atom. The second kappa shape index (κ2) is 11.2. The molecule has 0 fully saturated rings. The Morgan fingerprint density at radius 2 is 1.73 bits per heavy atom. The van der Waals surface area contributed by atoms with Crippen molar-refractivity contribution in [3.05, 3.63) is 54.1 Å². The second-order valence-corrected chi connectivity index (χ2v) is 8.68. The largest absolute Gasteiger partial charge is 0.497 e. The smallest absolute Gasteiger partial charge is 0.261 e. The molecule has 0 aliphatic heterocycles. The Hall–Kier alpha value is -2.33. The molecule has 0 radical (unpaired) electrons. The molecular weight excluding hydrogens is 432 g/mol. The van der Waals surface area contributed by atoms with Gasteiger partial charge >= 0.3 is 0 Å². The summed E-state index contributed by atoms with van der Waals surface area (Å²) in [5.41, 5.74) is 2.17. The highest BCUT2D eigenvalue weighted by Gasteiger charge is 2.33. The molecule has 8 nitrogen and oxygen atoms in total. The minimum atomic E-state index is -4.06. The lowest BCUT2D eigenvalue weighted by Crippen LogP contribution is -2.46. The molecule has 10 heteroatoms. The molecule has 2 rings (SSSR count). The lowest BCUT2D eigenvalue weighted by molar-refractivity contribution is -0.132. The highest BCUT2D eigenvalue weighted by atomic mass is 35.5. The van der Waals surface area contributed by atoms with E-state index in [0.29, 0.717) is 36.0 Å². The van der Waals surface area contributed by atoms with Crippen LogP contribution in [0.4, 0.5) is 0 Å². The van der Waals surface area contributed by atoms with Crippen molar-refractivity contribution in [2.24, 2.45) is 0 Å². The number of nitrogens with one attached hydrogen (secondary N) is 1. The quantitative estimate of drug-likeness (QED) is 0.233. The van der Waals surface area contributed by atoms with Crippen molar-refractivity contribution < 1.29 is 27.9 Å². The number of carbonyl (C=O) groups is 1. The molecule has 0 aromatic heterocycles. The molecule has 1 atom stereocenters. The van der Waals surface area contributed by atoms with Gasteiger partial charge in [-0.1, -0.05) is 12.1 Å². The van der Waals surface area contributed by atoms with Gasteiger partial charge in [-0.15, -0.1) is 11.6 Å². The zero-order valence-corrected chi connectivity index (χ0v) is 18.3. The van der Waals surface area contributed by atoms with Gasteiger partial charge < -0.3 is 9.47 Å². The maximum absolute atomic E-state index is 13.3. The summed E-state index contributed by atoms with van der Waals surface area (Å²) in [4.78, 5) is 12.0. The van der Waals surface area contributed by atoms with Gasteiger partial charge in [-0.25, -0.2) is 13.9 Å². The predicted molar refractivity (Wildman–Crippen MR) is 112 cm³/mol. The van der Waals surface area contributed by atoms with E-state index in [1.165, 1.54) is 31.6 Å². The standard InChI is InChI=1S/C20H25ClN2O6S/c1-15(20(24)22-25)23(14-16-4-6-17(28-2)7-5-16)30(26,27)19-10-8-18(9-11-19)29-13-3-12-21/h4-11,15,25H,3,12-14H2,1-2H3,(H,22,24)/t15-/m1/s1. The highest BCUT2D eigenvalue weighted by molar-refractivity contribution is 7.89. The maximum atomic E-state index is 13.3. The summed E-state index contributed by atoms with van der Waals surface area (Å²) in [6, 6.07) is 11.6. The van der Waals surface area contributed by atoms with Crippen LogP contribution in [0.15, 0.2) is 53.4 Å². The molecule has 0 unspecified atom stereocenters. The van der Waals surface area contributed by atoms with Crippen molar-refractivity contribution in [3.8, 4) is 11.5 Å². The molecule has 164 valence electrons. The fraction of sp³-hybridized carbons (Fsp3) is 0.350. The molecule has 0 spiro atoms. The number of benzene rings is 2. The predicted octanol–water partition coefficient (Wildman–Crippen LogP) is 2.79. The third-order valence-corrected chi connectivity index (χ3v) is 6.59. The molecule has 2 aromatic rings. The van der Waals surface area contributed by atoms with Crippen LogP contribution in [0.3, 0.4) is 0 Å². The molecule has 0 heterocycles. The van der Waals surface area contributed by atoms with E-state index in [9.17, 15) is 13.2 Å². The van der Waals surface area contributed by atoms with Crippen molar-refractivity contribution in [3.63, 3.8) is 0 Å². The Labute approximate surface area is 181 Å². The van der Waals surface area contributed by atoms with Crippen LogP contribution < -0.4 is 15.0 Å². The summed E-state index contributed by atoms with van der Waals surface area (Å²) in [6.07, 6.45) is 0.672. The molecule has 1 amide bonds. The number of carbonyl (C=O) groups excluding carboxylic acids is 1. The van der Waals surface area contributed by atoms with Crippen LogP contribution in [0.5, 0.6) is 11.5 Å². The number of amides is 1. The van der Waals surface area contributed by atoms with E-state index in [0.717, 1.165) is 4.31 Å². The minimum absolute atomic E-state index is 0.00158. The van der Waals surface area contributed by atoms with Crippen molar-refractivity contribution >= 4 is 27.5 Å². The van der Waals surface area contributed by atoms with E-state index in [1.54, 1.807) is 36.4 Å². The number of ether oxygens (including phenoxy) is 2. The van der Waals surface area contributed by atoms with E-state index >= 15 is 0 Å². The van der Waals surface area contributed by atoms with E-state index in [1.807, 2.05) is 0 Å². The minimum Gasteiger partial charge on any atom is -0.497 e. The highest BCUT2D eigenvalue weighted by Crippen LogP contribution is 2.24. The molecule has 30 heavy (non-hydrogen) atoms. The molecule has 0 aliphatic rings. The van der Waals surface area contributed by atoms with Crippen LogP contribution >= 0.6 is 11.6 Å². The van der Waals surface area contributed by atoms with Gasteiger partial charge in [0.1, 0.15) is 17.5 Å². The first-order valence-electron chi connectivity index (χ1n) is 9.21. The van der Waals surface area contributed by atoms with Gasteiger partial charge in [-0.05, 0) is 55.3 Å². The fourth-order valence-electron chi connectivity index (χ4n) is 2.65. The summed E-state index contributed by atoms with van der Waals surface area (Å²) in [6.45, 7) is 1.75. The van der Waals surface area contributed by atoms with Crippen molar-refractivity contribution in [1.29, 1.82) is 0 Å². The number of nitrogens with zero attached hydrogens (tertiary/aromatic N) is 1. The third-order valence-electron chi connectivity index (χ3n) is 4.40. The zero-order valence-electron chi connectivity index (χ0n) is 16.7. The SMILES string of the molecule is COc1ccc(CN([C@H](C)C(=O)NO)S(=O)(=O)c2ccc(OCCCCl)cc2)cc1. The van der Waals surface area contributed by atoms with E-state index in [-0.39, 0.29) is 11.4 Å². The van der Waals surface area contributed by atoms with Crippen LogP contribution in [0.1, 0.15) is 18.9 Å². The van der Waals surface area contributed by atoms with Crippen LogP contribution in [0.25, 0.3) is 0 Å². The van der Waals surface area contributed by atoms with Gasteiger partial charge in [0.15, 0.2) is 0 Å². The van der Waals surface area contributed by atoms with E-state index in [2.05, 4.69) is 0 Å². The summed E-state index contributed by atoms with van der Waals surface area (Å²) >= 11 is 5.62. The number of sulfonamides is 1. The van der Waals surface area contributed by atoms with Crippen LogP contribution in [-0.4, -0.2) is 49.5 Å². The topological polar surface area (TPSA) is 105 Å². The van der Waals surface area contributed by atoms with Gasteiger partial charge in [0.25, 0.3) is 5.91 Å². The molecule has 0 bridgehead atoms. The Bertz CT molecular complexity index is 919. The number of hydrogen-bond donors (Lipinski definition) is 2. The van der Waals surface area contributed by atoms with Gasteiger partial charge in [0, 0.05) is 12.4 Å². The van der Waals surface area contributed by atoms with Gasteiger partial charge in [0.05, 0.1) is 18.6 Å². The normalized spacial score (nSPS) is 12.4. The molecule has 0 saturated carbocycles. The lowest BCUT2D eigenvalue weighted by Gasteiger charge is -2.27. The maximum Gasteiger partial charge on any atom is 0.261 e. The molecule has 0 saturated heterocycles. The van der Waals surface area contributed by atoms with E-state index in [4.69, 9.17) is 26.3 Å². The van der Waals surface area contributed by atoms with Gasteiger partial charge in [0.2, 0.25) is 10.0 Å². The third kappa shape index (κ3) is 6.09. The Kier molecular flexibility index (Phi) is 8.91. The average Bonchev–Trinajstić information content (AvgIpc) is 2.77. The summed E-state index contributed by atoms with van der Waals surface area (Å²) in [5.74, 6) is 0.770. The Balaban J connectivity index is 2.31. The lowest BCUT2D eigenvalue weighted by atomic mass is 10.2. The summed E-state index contributed by atoms with van der Waals surface area (Å²) in [5, 5.41) is 9.00. The zero-order chi connectivity index (χ0) is 22.1. The number of hydrogen-bond acceptors (Lipinski definition) is 6. The molecule has 2 N–H and O–H groups in total. The second-order valence-electron chi connectivity index (χ2n) is 6.41. The van der Waals surface area contributed by atoms with Gasteiger partial charge in [-0.3, -0.25) is 10.0 Å². The first kappa shape index (κ1) is 23.9. The van der Waals surface area contributed by atoms with Crippen molar-refractivity contribution in [1.82, 2.24) is 9.79 Å². The van der Waals surface area contributed by atoms with Crippen LogP contribution in [0.2, 0.25) is 0 Å². The van der Waals surface area contributed by atoms with Crippen LogP contribution in [0, 0.1) is 0 Å². The van der Waals surface area contributed by atoms with E-state index < -0.39 is 22.0 Å². The van der Waals surface area contributed by atoms with Gasteiger partial charge in [-0.2, -0.15) is 4.31 Å². The number of halogens is 1. The molecule has 2 aromatic carbocycles. The first-order chi connectivity index (χ1) is 14.3. The monoisotopic (exact) mass is 456 g/mol. The number of alkyl halides is 1. The first-order valence-corrected chi connectivity index (χ1v) is 11.2.